The molecule has 0 amide bonds. The molecule has 7 aromatic carbocycles. The maximum atomic E-state index is 12.6. The summed E-state index contributed by atoms with van der Waals surface area (Å²) >= 11 is 0. The first-order valence-electron chi connectivity index (χ1n) is 39.9. The second kappa shape index (κ2) is 42.3. The topological polar surface area (TPSA) is 279 Å². The van der Waals surface area contributed by atoms with Crippen LogP contribution in [0.25, 0.3) is 29.0 Å². The zero-order chi connectivity index (χ0) is 83.4. The molecule has 0 saturated heterocycles. The van der Waals surface area contributed by atoms with Gasteiger partial charge in [0.25, 0.3) is 0 Å². The molecule has 18 nitrogen and oxygen atoms in total. The third kappa shape index (κ3) is 26.0. The van der Waals surface area contributed by atoms with Crippen LogP contribution >= 0.6 is 0 Å². The summed E-state index contributed by atoms with van der Waals surface area (Å²) in [6, 6.07) is 35.9. The number of phenolic OH excluding ortho intramolecular Hbond substituents is 6. The van der Waals surface area contributed by atoms with Crippen molar-refractivity contribution in [2.24, 2.45) is 0 Å². The minimum absolute atomic E-state index is 0.00302. The van der Waals surface area contributed by atoms with Crippen LogP contribution in [0.15, 0.2) is 159 Å². The Hall–Kier alpha value is -10.6. The van der Waals surface area contributed by atoms with E-state index in [9.17, 15) is 54.3 Å². The number of carbonyl (C=O) groups is 6. The Morgan fingerprint density at radius 2 is 0.876 bits per heavy atom. The van der Waals surface area contributed by atoms with Gasteiger partial charge in [-0.1, -0.05) is 148 Å². The van der Waals surface area contributed by atoms with E-state index in [1.165, 1.54) is 55.0 Å². The second-order valence-electron chi connectivity index (χ2n) is 31.0. The third-order valence-electron chi connectivity index (χ3n) is 21.9. The molecule has 608 valence electrons. The Kier molecular flexibility index (Phi) is 34.2. The van der Waals surface area contributed by atoms with Crippen LogP contribution in [-0.2, 0) is 28.5 Å². The minimum Gasteiger partial charge on any atom is -0.508 e. The molecule has 11 rings (SSSR count). The molecule has 4 fully saturated rings. The fourth-order valence-electron chi connectivity index (χ4n) is 14.2. The van der Waals surface area contributed by atoms with Gasteiger partial charge in [0.05, 0.1) is 11.1 Å². The largest absolute Gasteiger partial charge is 0.508 e. The first kappa shape index (κ1) is 91.3. The summed E-state index contributed by atoms with van der Waals surface area (Å²) in [7, 11) is 0. The summed E-state index contributed by atoms with van der Waals surface area (Å²) in [5, 5.41) is 59.8. The molecule has 2 unspecified atom stereocenters. The molecular weight excluding hydrogens is 1430 g/mol. The zero-order valence-corrected chi connectivity index (χ0v) is 68.5. The Bertz CT molecular complexity index is 4410. The first-order valence-corrected chi connectivity index (χ1v) is 39.9. The number of ether oxygens (including phenoxy) is 6. The van der Waals surface area contributed by atoms with Crippen LogP contribution in [0.4, 0.5) is 0 Å². The lowest BCUT2D eigenvalue weighted by Gasteiger charge is -2.28. The number of carbonyl (C=O) groups excluding carboxylic acids is 6. The summed E-state index contributed by atoms with van der Waals surface area (Å²) < 4.78 is 33.3. The summed E-state index contributed by atoms with van der Waals surface area (Å²) in [4.78, 5) is 73.1. The average molecular weight is 1550 g/mol. The number of hydrogen-bond acceptors (Lipinski definition) is 18. The molecule has 0 radical (unpaired) electrons. The Labute approximate surface area is 668 Å². The number of fused-ring (bicyclic) bond motifs is 1. The maximum absolute atomic E-state index is 12.6. The van der Waals surface area contributed by atoms with Crippen LogP contribution in [0.5, 0.6) is 40.2 Å². The van der Waals surface area contributed by atoms with Gasteiger partial charge >= 0.3 is 35.8 Å². The predicted molar refractivity (Wildman–Crippen MR) is 447 cm³/mol. The van der Waals surface area contributed by atoms with Gasteiger partial charge in [-0.15, -0.1) is 0 Å². The zero-order valence-electron chi connectivity index (χ0n) is 68.5. The van der Waals surface area contributed by atoms with Crippen LogP contribution in [0.2, 0.25) is 0 Å². The van der Waals surface area contributed by atoms with E-state index in [2.05, 4.69) is 67.9 Å². The van der Waals surface area contributed by atoms with Crippen LogP contribution in [-0.4, -0.2) is 94.5 Å². The monoisotopic (exact) mass is 1550 g/mol. The highest BCUT2D eigenvalue weighted by molar-refractivity contribution is 6.00. The average Bonchev–Trinajstić information content (AvgIpc) is 1.68. The number of rotatable bonds is 22. The molecule has 0 aliphatic heterocycles. The van der Waals surface area contributed by atoms with Crippen LogP contribution in [0.1, 0.15) is 316 Å². The van der Waals surface area contributed by atoms with E-state index in [1.54, 1.807) is 69.3 Å². The highest BCUT2D eigenvalue weighted by atomic mass is 16.6. The van der Waals surface area contributed by atoms with E-state index in [1.807, 2.05) is 68.4 Å². The third-order valence-corrected chi connectivity index (χ3v) is 21.9. The Morgan fingerprint density at radius 3 is 1.34 bits per heavy atom. The van der Waals surface area contributed by atoms with Gasteiger partial charge in [0.1, 0.15) is 73.4 Å². The number of aromatic hydroxyl groups is 6. The van der Waals surface area contributed by atoms with Crippen molar-refractivity contribution in [1.29, 1.82) is 0 Å². The van der Waals surface area contributed by atoms with Crippen molar-refractivity contribution in [3.05, 3.63) is 215 Å². The standard InChI is InChI=1S/C20H22O2.C18H22O5.C16H20O4.C16H20O3.C15H22O3.C10H14O/c1-3-15-13-17(14-16-9-5-6-10-18(15)16)19(21)22-20(4-2)11-7-8-12-20;1-4-18(9-5-6-10-18)23-17(21)14-11-13(7-8-15(14)19)22-16(20)12(2)3;1-3-11-9-12(14(18)13(17)10-11)15(19)20-16(4-2)7-5-6-8-16;1-3-12-7-8-13(17)11-14(12)15(18)19-16(4-2)9-5-6-10-16;1-6-10(2)11-7-8-13(16)12(9-11)14(17)18-15(3,4)5;1-3-8(2)9-4-6-10(11)7-5-9/h3,5-6,9-10,13-14H,1,4,7-8,11-12H2,2H3;7-8,11,19H,2,4-6,9-10H2,1,3H3;3,9-10,17-18H,1,4-8H2,2H3;3,7-8,11,17H,1,4-6,9-10H2,2H3;7-10,16H,6H2,1-5H3;4-8,11H,3H2,1-2H3. The number of phenols is 6. The van der Waals surface area contributed by atoms with Gasteiger partial charge in [0.2, 0.25) is 0 Å². The predicted octanol–water partition coefficient (Wildman–Crippen LogP) is 23.4. The smallest absolute Gasteiger partial charge is 0.342 e. The molecule has 6 N–H and O–H groups in total. The fraction of sp³-hybridized carbons (Fsp3) is 0.432. The van der Waals surface area contributed by atoms with Crippen molar-refractivity contribution in [3.8, 4) is 40.2 Å². The molecular formula is C95H120O18. The first-order chi connectivity index (χ1) is 53.6. The van der Waals surface area contributed by atoms with Gasteiger partial charge in [0, 0.05) is 5.57 Å². The normalized spacial score (nSPS) is 15.7. The van der Waals surface area contributed by atoms with Gasteiger partial charge in [-0.05, 0) is 298 Å². The van der Waals surface area contributed by atoms with Crippen molar-refractivity contribution in [2.75, 3.05) is 0 Å². The SMILES string of the molecule is C=C(C)C(=O)Oc1ccc(O)c(C(=O)OC2(CC)CCCC2)c1.C=Cc1cc(C(=O)OC2(CC)CCCC2)cc2ccccc12.C=Cc1cc(O)c(O)c(C(=O)OC2(CC)CCCC2)c1.C=Cc1ccc(O)cc1C(=O)OC1(CC)CCCC1.CCC(C)c1ccc(O)c(C(=O)OC(C)(C)C)c1.CCC(C)c1ccc(O)cc1. The number of hydrogen-bond donors (Lipinski definition) is 6. The molecule has 4 aliphatic rings. The molecule has 0 spiro atoms. The van der Waals surface area contributed by atoms with Crippen molar-refractivity contribution in [2.45, 2.75) is 264 Å². The Morgan fingerprint density at radius 1 is 0.442 bits per heavy atom. The van der Waals surface area contributed by atoms with Gasteiger partial charge < -0.3 is 59.1 Å². The molecule has 4 saturated carbocycles. The molecule has 0 aromatic heterocycles. The second-order valence-corrected chi connectivity index (χ2v) is 31.0. The highest BCUT2D eigenvalue weighted by Crippen LogP contribution is 2.43. The number of esters is 6. The lowest BCUT2D eigenvalue weighted by Crippen LogP contribution is -2.31. The van der Waals surface area contributed by atoms with Gasteiger partial charge in [-0.3, -0.25) is 0 Å². The molecule has 4 aliphatic carbocycles. The van der Waals surface area contributed by atoms with Crippen molar-refractivity contribution in [1.82, 2.24) is 0 Å². The Balaban J connectivity index is 0.000000213. The maximum Gasteiger partial charge on any atom is 0.342 e. The summed E-state index contributed by atoms with van der Waals surface area (Å²) in [5.74, 6) is -2.33. The summed E-state index contributed by atoms with van der Waals surface area (Å²) in [6.45, 7) is 38.3. The van der Waals surface area contributed by atoms with Crippen molar-refractivity contribution < 1.29 is 87.8 Å². The van der Waals surface area contributed by atoms with E-state index in [4.69, 9.17) is 33.5 Å². The molecule has 2 atom stereocenters. The fourth-order valence-corrected chi connectivity index (χ4v) is 14.2. The summed E-state index contributed by atoms with van der Waals surface area (Å²) in [5.41, 5.74) is 4.02. The molecule has 0 heterocycles. The van der Waals surface area contributed by atoms with Gasteiger partial charge in [0.15, 0.2) is 11.5 Å². The quantitative estimate of drug-likeness (QED) is 0.0121. The molecule has 18 heteroatoms. The number of benzene rings is 7. The highest BCUT2D eigenvalue weighted by Gasteiger charge is 2.40. The van der Waals surface area contributed by atoms with E-state index in [-0.39, 0.29) is 74.2 Å². The molecule has 0 bridgehead atoms. The van der Waals surface area contributed by atoms with Gasteiger partial charge in [-0.2, -0.15) is 0 Å². The van der Waals surface area contributed by atoms with E-state index in [0.717, 1.165) is 163 Å². The van der Waals surface area contributed by atoms with Crippen LogP contribution in [0, 0.1) is 0 Å². The molecule has 7 aromatic rings. The van der Waals surface area contributed by atoms with Crippen LogP contribution < -0.4 is 4.74 Å². The van der Waals surface area contributed by atoms with Crippen molar-refractivity contribution >= 4 is 64.8 Å². The summed E-state index contributed by atoms with van der Waals surface area (Å²) in [6.07, 6.45) is 26.1. The van der Waals surface area contributed by atoms with Crippen molar-refractivity contribution in [3.63, 3.8) is 0 Å². The van der Waals surface area contributed by atoms with E-state index < -0.39 is 46.4 Å². The van der Waals surface area contributed by atoms with E-state index in [0.29, 0.717) is 39.8 Å². The van der Waals surface area contributed by atoms with Crippen LogP contribution in [0.3, 0.4) is 0 Å². The lowest BCUT2D eigenvalue weighted by atomic mass is 9.96. The molecule has 113 heavy (non-hydrogen) atoms. The lowest BCUT2D eigenvalue weighted by molar-refractivity contribution is -0.130. The van der Waals surface area contributed by atoms with Gasteiger partial charge in [-0.25, -0.2) is 28.8 Å². The minimum atomic E-state index is -0.598. The van der Waals surface area contributed by atoms with E-state index >= 15 is 0 Å².